The fourth-order valence-electron chi connectivity index (χ4n) is 1.19. The molecule has 0 saturated carbocycles. The van der Waals surface area contributed by atoms with Gasteiger partial charge < -0.3 is 11.1 Å². The van der Waals surface area contributed by atoms with Crippen molar-refractivity contribution in [2.45, 2.75) is 12.3 Å². The molecule has 1 atom stereocenters. The molecule has 2 nitrogen and oxygen atoms in total. The summed E-state index contributed by atoms with van der Waals surface area (Å²) in [4.78, 5) is 0. The largest absolute Gasteiger partial charge is 0.330 e. The summed E-state index contributed by atoms with van der Waals surface area (Å²) in [5, 5.41) is 2.65. The van der Waals surface area contributed by atoms with Crippen molar-refractivity contribution in [3.05, 3.63) is 0 Å². The van der Waals surface area contributed by atoms with E-state index in [1.807, 2.05) is 0 Å². The second-order valence-electron chi connectivity index (χ2n) is 2.79. The van der Waals surface area contributed by atoms with Gasteiger partial charge >= 0.3 is 0 Å². The van der Waals surface area contributed by atoms with Crippen molar-refractivity contribution in [2.24, 2.45) is 11.7 Å². The van der Waals surface area contributed by atoms with Gasteiger partial charge in [-0.25, -0.2) is 8.78 Å². The maximum Gasteiger partial charge on any atom is 0.260 e. The second-order valence-corrected chi connectivity index (χ2v) is 2.79. The predicted octanol–water partition coefficient (Wildman–Crippen LogP) is 0.190. The lowest BCUT2D eigenvalue weighted by Crippen LogP contribution is -2.46. The van der Waals surface area contributed by atoms with Gasteiger partial charge in [-0.15, -0.1) is 0 Å². The van der Waals surface area contributed by atoms with Crippen LogP contribution in [-0.4, -0.2) is 25.6 Å². The van der Waals surface area contributed by atoms with Crippen LogP contribution in [0, 0.1) is 5.92 Å². The van der Waals surface area contributed by atoms with Crippen LogP contribution in [0.15, 0.2) is 0 Å². The summed E-state index contributed by atoms with van der Waals surface area (Å²) >= 11 is 0. The third-order valence-electron chi connectivity index (χ3n) is 1.74. The molecule has 1 unspecified atom stereocenters. The maximum atomic E-state index is 12.5. The topological polar surface area (TPSA) is 38.0 Å². The standard InChI is InChI=1S/C6H12F2N2/c7-6(8)1-5(2-9)3-10-4-6/h5,10H,1-4,9H2. The second kappa shape index (κ2) is 2.80. The maximum absolute atomic E-state index is 12.5. The fraction of sp³-hybridized carbons (Fsp3) is 1.00. The first-order chi connectivity index (χ1) is 4.64. The molecule has 0 aliphatic carbocycles. The fourth-order valence-corrected chi connectivity index (χ4v) is 1.19. The number of nitrogens with two attached hydrogens (primary N) is 1. The summed E-state index contributed by atoms with van der Waals surface area (Å²) in [5.41, 5.74) is 5.25. The van der Waals surface area contributed by atoms with Crippen LogP contribution in [0.2, 0.25) is 0 Å². The summed E-state index contributed by atoms with van der Waals surface area (Å²) < 4.78 is 25.0. The van der Waals surface area contributed by atoms with Gasteiger partial charge in [0.2, 0.25) is 0 Å². The van der Waals surface area contributed by atoms with Crippen molar-refractivity contribution < 1.29 is 8.78 Å². The number of rotatable bonds is 1. The quantitative estimate of drug-likeness (QED) is 0.560. The molecule has 1 aliphatic heterocycles. The molecule has 1 heterocycles. The van der Waals surface area contributed by atoms with Gasteiger partial charge in [0.25, 0.3) is 5.92 Å². The normalized spacial score (nSPS) is 32.1. The van der Waals surface area contributed by atoms with Gasteiger partial charge in [0.15, 0.2) is 0 Å². The minimum absolute atomic E-state index is 0.0521. The molecule has 1 saturated heterocycles. The number of alkyl halides is 2. The molecule has 0 aromatic heterocycles. The molecule has 1 fully saturated rings. The predicted molar refractivity (Wildman–Crippen MR) is 35.0 cm³/mol. The van der Waals surface area contributed by atoms with E-state index < -0.39 is 5.92 Å². The van der Waals surface area contributed by atoms with Crippen LogP contribution < -0.4 is 11.1 Å². The Hall–Kier alpha value is -0.220. The Morgan fingerprint density at radius 3 is 2.70 bits per heavy atom. The van der Waals surface area contributed by atoms with E-state index in [-0.39, 0.29) is 18.9 Å². The van der Waals surface area contributed by atoms with E-state index in [4.69, 9.17) is 5.73 Å². The molecule has 0 radical (unpaired) electrons. The first-order valence-corrected chi connectivity index (χ1v) is 3.43. The molecule has 0 aromatic rings. The van der Waals surface area contributed by atoms with Gasteiger partial charge in [-0.05, 0) is 19.0 Å². The first kappa shape index (κ1) is 7.88. The third kappa shape index (κ3) is 1.88. The van der Waals surface area contributed by atoms with Gasteiger partial charge in [-0.2, -0.15) is 0 Å². The Labute approximate surface area is 58.8 Å². The van der Waals surface area contributed by atoms with Crippen LogP contribution in [-0.2, 0) is 0 Å². The molecule has 3 N–H and O–H groups in total. The van der Waals surface area contributed by atoms with Crippen molar-refractivity contribution in [3.63, 3.8) is 0 Å². The third-order valence-corrected chi connectivity index (χ3v) is 1.74. The zero-order chi connectivity index (χ0) is 7.61. The van der Waals surface area contributed by atoms with Crippen LogP contribution in [0.1, 0.15) is 6.42 Å². The average Bonchev–Trinajstić information content (AvgIpc) is 1.86. The van der Waals surface area contributed by atoms with E-state index in [9.17, 15) is 8.78 Å². The molecule has 0 amide bonds. The zero-order valence-corrected chi connectivity index (χ0v) is 5.74. The van der Waals surface area contributed by atoms with E-state index in [0.717, 1.165) is 0 Å². The highest BCUT2D eigenvalue weighted by Gasteiger charge is 2.35. The molecule has 4 heteroatoms. The smallest absolute Gasteiger partial charge is 0.260 e. The van der Waals surface area contributed by atoms with Crippen molar-refractivity contribution >= 4 is 0 Å². The molecular weight excluding hydrogens is 138 g/mol. The Bertz CT molecular complexity index is 116. The van der Waals surface area contributed by atoms with Crippen LogP contribution >= 0.6 is 0 Å². The summed E-state index contributed by atoms with van der Waals surface area (Å²) in [5.74, 6) is -2.59. The number of hydrogen-bond acceptors (Lipinski definition) is 2. The van der Waals surface area contributed by atoms with Crippen LogP contribution in [0.3, 0.4) is 0 Å². The number of halogens is 2. The van der Waals surface area contributed by atoms with E-state index in [2.05, 4.69) is 5.32 Å². The Balaban J connectivity index is 2.40. The molecule has 0 bridgehead atoms. The van der Waals surface area contributed by atoms with E-state index in [1.165, 1.54) is 0 Å². The van der Waals surface area contributed by atoms with Crippen molar-refractivity contribution in [1.29, 1.82) is 0 Å². The van der Waals surface area contributed by atoms with Crippen LogP contribution in [0.4, 0.5) is 8.78 Å². The average molecular weight is 150 g/mol. The SMILES string of the molecule is NCC1CNCC(F)(F)C1. The molecular formula is C6H12F2N2. The highest BCUT2D eigenvalue weighted by molar-refractivity contribution is 4.81. The van der Waals surface area contributed by atoms with E-state index in [1.54, 1.807) is 0 Å². The molecule has 60 valence electrons. The summed E-state index contributed by atoms with van der Waals surface area (Å²) in [7, 11) is 0. The van der Waals surface area contributed by atoms with Gasteiger partial charge in [-0.1, -0.05) is 0 Å². The minimum Gasteiger partial charge on any atom is -0.330 e. The Morgan fingerprint density at radius 1 is 1.60 bits per heavy atom. The minimum atomic E-state index is -2.54. The van der Waals surface area contributed by atoms with E-state index in [0.29, 0.717) is 13.1 Å². The lowest BCUT2D eigenvalue weighted by Gasteiger charge is -2.28. The number of nitrogens with one attached hydrogen (secondary N) is 1. The molecule has 0 spiro atoms. The summed E-state index contributed by atoms with van der Waals surface area (Å²) in [6, 6.07) is 0. The van der Waals surface area contributed by atoms with Gasteiger partial charge in [0, 0.05) is 6.42 Å². The summed E-state index contributed by atoms with van der Waals surface area (Å²) in [6.45, 7) is 0.790. The number of hydrogen-bond donors (Lipinski definition) is 2. The summed E-state index contributed by atoms with van der Waals surface area (Å²) in [6.07, 6.45) is -0.0590. The number of piperidine rings is 1. The highest BCUT2D eigenvalue weighted by atomic mass is 19.3. The molecule has 1 rings (SSSR count). The lowest BCUT2D eigenvalue weighted by molar-refractivity contribution is -0.0376. The monoisotopic (exact) mass is 150 g/mol. The Morgan fingerprint density at radius 2 is 2.30 bits per heavy atom. The molecule has 1 aliphatic rings. The van der Waals surface area contributed by atoms with Gasteiger partial charge in [-0.3, -0.25) is 0 Å². The van der Waals surface area contributed by atoms with Crippen molar-refractivity contribution in [3.8, 4) is 0 Å². The van der Waals surface area contributed by atoms with Gasteiger partial charge in [0.05, 0.1) is 6.54 Å². The van der Waals surface area contributed by atoms with Crippen LogP contribution in [0.25, 0.3) is 0 Å². The zero-order valence-electron chi connectivity index (χ0n) is 5.74. The first-order valence-electron chi connectivity index (χ1n) is 3.43. The van der Waals surface area contributed by atoms with E-state index >= 15 is 0 Å². The molecule has 0 aromatic carbocycles. The van der Waals surface area contributed by atoms with Crippen molar-refractivity contribution in [1.82, 2.24) is 5.32 Å². The Kier molecular flexibility index (Phi) is 2.21. The van der Waals surface area contributed by atoms with Crippen molar-refractivity contribution in [2.75, 3.05) is 19.6 Å². The molecule has 10 heavy (non-hydrogen) atoms. The highest BCUT2D eigenvalue weighted by Crippen LogP contribution is 2.25. The van der Waals surface area contributed by atoms with Crippen LogP contribution in [0.5, 0.6) is 0 Å². The lowest BCUT2D eigenvalue weighted by atomic mass is 9.97. The van der Waals surface area contributed by atoms with Gasteiger partial charge in [0.1, 0.15) is 0 Å².